The maximum Gasteiger partial charge on any atom is 0.321 e. The number of carboxylic acid groups (broad SMARTS) is 1. The minimum absolute atomic E-state index is 0.0116. The van der Waals surface area contributed by atoms with E-state index in [0.717, 1.165) is 12.8 Å². The van der Waals surface area contributed by atoms with Crippen LogP contribution >= 0.6 is 0 Å². The van der Waals surface area contributed by atoms with Crippen molar-refractivity contribution in [2.45, 2.75) is 106 Å². The molecular formula is C30H47NO8. The van der Waals surface area contributed by atoms with E-state index in [0.29, 0.717) is 5.56 Å². The van der Waals surface area contributed by atoms with Crippen LogP contribution in [0.4, 0.5) is 0 Å². The molecule has 1 aromatic carbocycles. The Hall–Kier alpha value is -2.94. The highest BCUT2D eigenvalue weighted by molar-refractivity contribution is 5.77. The normalized spacial score (nSPS) is 15.9. The fourth-order valence-corrected chi connectivity index (χ4v) is 4.06. The van der Waals surface area contributed by atoms with Gasteiger partial charge < -0.3 is 25.1 Å². The van der Waals surface area contributed by atoms with Crippen molar-refractivity contribution in [3.05, 3.63) is 23.8 Å². The van der Waals surface area contributed by atoms with Crippen LogP contribution in [0.15, 0.2) is 18.2 Å². The van der Waals surface area contributed by atoms with Crippen molar-refractivity contribution < 1.29 is 38.5 Å². The molecule has 1 aromatic rings. The average Bonchev–Trinajstić information content (AvgIpc) is 2.84. The maximum atomic E-state index is 12.7. The molecular weight excluding hydrogens is 502 g/mol. The number of carboxylic acids is 1. The molecule has 0 aliphatic rings. The van der Waals surface area contributed by atoms with Crippen LogP contribution in [-0.4, -0.2) is 41.1 Å². The quantitative estimate of drug-likeness (QED) is 0.202. The lowest BCUT2D eigenvalue weighted by atomic mass is 9.79. The molecule has 9 heteroatoms. The lowest BCUT2D eigenvalue weighted by Gasteiger charge is -2.32. The topological polar surface area (TPSA) is 142 Å². The number of aliphatic carboxylic acids is 1. The molecule has 220 valence electrons. The Labute approximate surface area is 232 Å². The number of rotatable bonds is 16. The minimum atomic E-state index is -1.34. The number of carbonyl (C=O) groups excluding carboxylic acids is 3. The number of hydrogen-bond donors (Lipinski definition) is 2. The second-order valence-electron chi connectivity index (χ2n) is 11.1. The van der Waals surface area contributed by atoms with Crippen LogP contribution in [0, 0.1) is 23.7 Å². The van der Waals surface area contributed by atoms with E-state index in [1.807, 2.05) is 41.5 Å². The maximum absolute atomic E-state index is 12.7. The van der Waals surface area contributed by atoms with Gasteiger partial charge in [0.15, 0.2) is 11.5 Å². The monoisotopic (exact) mass is 549 g/mol. The molecule has 5 unspecified atom stereocenters. The predicted octanol–water partition coefficient (Wildman–Crippen LogP) is 5.48. The average molecular weight is 550 g/mol. The van der Waals surface area contributed by atoms with Crippen LogP contribution in [0.5, 0.6) is 11.5 Å². The molecule has 3 N–H and O–H groups in total. The van der Waals surface area contributed by atoms with E-state index in [2.05, 4.69) is 0 Å². The largest absolute Gasteiger partial charge is 0.480 e. The standard InChI is InChI=1S/C30H47NO8/c1-9-18(5)14-26(33)38-23-12-11-22(16-24(23)39-27(34)15-19(6)10-2)28(29(31)30(35)36)20(7)21(8)37-25(32)13-17(3)4/h11-12,16-21,28-29H,9-10,13-15,31H2,1-8H3,(H,35,36)/t18?,19?,20?,21?,28?,29-/m0/s1. The van der Waals surface area contributed by atoms with Crippen molar-refractivity contribution in [1.82, 2.24) is 0 Å². The van der Waals surface area contributed by atoms with Crippen LogP contribution in [0.25, 0.3) is 0 Å². The Kier molecular flexibility index (Phi) is 14.2. The van der Waals surface area contributed by atoms with Gasteiger partial charge >= 0.3 is 23.9 Å². The summed E-state index contributed by atoms with van der Waals surface area (Å²) in [5.74, 6) is -3.48. The molecule has 1 rings (SSSR count). The zero-order valence-electron chi connectivity index (χ0n) is 24.7. The third-order valence-corrected chi connectivity index (χ3v) is 7.10. The molecule has 0 fully saturated rings. The second-order valence-corrected chi connectivity index (χ2v) is 11.1. The van der Waals surface area contributed by atoms with Crippen LogP contribution in [-0.2, 0) is 23.9 Å². The highest BCUT2D eigenvalue weighted by atomic mass is 16.6. The van der Waals surface area contributed by atoms with Gasteiger partial charge in [-0.3, -0.25) is 19.2 Å². The fraction of sp³-hybridized carbons (Fsp3) is 0.667. The van der Waals surface area contributed by atoms with E-state index < -0.39 is 41.9 Å². The molecule has 0 aromatic heterocycles. The van der Waals surface area contributed by atoms with Gasteiger partial charge in [0.05, 0.1) is 0 Å². The van der Waals surface area contributed by atoms with Gasteiger partial charge in [0.25, 0.3) is 0 Å². The Morgan fingerprint density at radius 2 is 1.31 bits per heavy atom. The van der Waals surface area contributed by atoms with Crippen LogP contribution < -0.4 is 15.2 Å². The fourth-order valence-electron chi connectivity index (χ4n) is 4.06. The zero-order chi connectivity index (χ0) is 29.9. The highest BCUT2D eigenvalue weighted by Gasteiger charge is 2.36. The van der Waals surface area contributed by atoms with Gasteiger partial charge in [0.1, 0.15) is 12.1 Å². The molecule has 0 aliphatic heterocycles. The van der Waals surface area contributed by atoms with Gasteiger partial charge in [-0.1, -0.05) is 67.4 Å². The molecule has 0 radical (unpaired) electrons. The van der Waals surface area contributed by atoms with Crippen molar-refractivity contribution in [2.75, 3.05) is 0 Å². The molecule has 9 nitrogen and oxygen atoms in total. The first-order valence-corrected chi connectivity index (χ1v) is 13.9. The van der Waals surface area contributed by atoms with E-state index in [1.54, 1.807) is 19.9 Å². The minimum Gasteiger partial charge on any atom is -0.480 e. The number of benzene rings is 1. The Bertz CT molecular complexity index is 976. The third kappa shape index (κ3) is 11.4. The molecule has 6 atom stereocenters. The van der Waals surface area contributed by atoms with Crippen molar-refractivity contribution in [3.8, 4) is 11.5 Å². The summed E-state index contributed by atoms with van der Waals surface area (Å²) < 4.78 is 16.8. The van der Waals surface area contributed by atoms with Crippen molar-refractivity contribution >= 4 is 23.9 Å². The number of nitrogens with two attached hydrogens (primary N) is 1. The third-order valence-electron chi connectivity index (χ3n) is 7.10. The van der Waals surface area contributed by atoms with E-state index in [4.69, 9.17) is 19.9 Å². The first-order valence-electron chi connectivity index (χ1n) is 13.9. The van der Waals surface area contributed by atoms with E-state index in [9.17, 15) is 24.3 Å². The molecule has 0 spiro atoms. The molecule has 39 heavy (non-hydrogen) atoms. The summed E-state index contributed by atoms with van der Waals surface area (Å²) in [6.45, 7) is 15.1. The Morgan fingerprint density at radius 3 is 1.77 bits per heavy atom. The molecule has 0 saturated heterocycles. The number of ether oxygens (including phenoxy) is 3. The number of esters is 3. The van der Waals surface area contributed by atoms with E-state index in [1.165, 1.54) is 12.1 Å². The first kappa shape index (κ1) is 34.1. The zero-order valence-corrected chi connectivity index (χ0v) is 24.7. The van der Waals surface area contributed by atoms with Crippen LogP contribution in [0.2, 0.25) is 0 Å². The summed E-state index contributed by atoms with van der Waals surface area (Å²) >= 11 is 0. The summed E-state index contributed by atoms with van der Waals surface area (Å²) in [5.41, 5.74) is 6.59. The molecule has 0 aliphatic carbocycles. The van der Waals surface area contributed by atoms with Crippen LogP contribution in [0.3, 0.4) is 0 Å². The Balaban J connectivity index is 3.44. The summed E-state index contributed by atoms with van der Waals surface area (Å²) in [5, 5.41) is 9.78. The highest BCUT2D eigenvalue weighted by Crippen LogP contribution is 2.37. The van der Waals surface area contributed by atoms with Gasteiger partial charge in [0, 0.05) is 31.1 Å². The summed E-state index contributed by atoms with van der Waals surface area (Å²) in [7, 11) is 0. The van der Waals surface area contributed by atoms with E-state index >= 15 is 0 Å². The SMILES string of the molecule is CCC(C)CC(=O)Oc1ccc(C(C(C)C(C)OC(=O)CC(C)C)[C@H](N)C(=O)O)cc1OC(=O)CC(C)CC. The van der Waals surface area contributed by atoms with Crippen LogP contribution in [0.1, 0.15) is 99.0 Å². The van der Waals surface area contributed by atoms with Gasteiger partial charge in [-0.05, 0) is 42.4 Å². The first-order chi connectivity index (χ1) is 18.2. The lowest BCUT2D eigenvalue weighted by molar-refractivity contribution is -0.152. The van der Waals surface area contributed by atoms with Gasteiger partial charge in [0.2, 0.25) is 0 Å². The molecule has 0 saturated carbocycles. The number of hydrogen-bond acceptors (Lipinski definition) is 8. The smallest absolute Gasteiger partial charge is 0.321 e. The second kappa shape index (κ2) is 16.2. The van der Waals surface area contributed by atoms with Gasteiger partial charge in [-0.2, -0.15) is 0 Å². The number of carbonyl (C=O) groups is 4. The molecule has 0 bridgehead atoms. The molecule has 0 amide bonds. The summed E-state index contributed by atoms with van der Waals surface area (Å²) in [6.07, 6.45) is 1.54. The van der Waals surface area contributed by atoms with Crippen molar-refractivity contribution in [2.24, 2.45) is 29.4 Å². The van der Waals surface area contributed by atoms with Crippen molar-refractivity contribution in [3.63, 3.8) is 0 Å². The summed E-state index contributed by atoms with van der Waals surface area (Å²) in [4.78, 5) is 49.5. The van der Waals surface area contributed by atoms with E-state index in [-0.39, 0.29) is 54.5 Å². The summed E-state index contributed by atoms with van der Waals surface area (Å²) in [6, 6.07) is 3.24. The lowest BCUT2D eigenvalue weighted by Crippen LogP contribution is -2.42. The van der Waals surface area contributed by atoms with Gasteiger partial charge in [-0.15, -0.1) is 0 Å². The Morgan fingerprint density at radius 1 is 0.795 bits per heavy atom. The predicted molar refractivity (Wildman–Crippen MR) is 148 cm³/mol. The molecule has 0 heterocycles. The van der Waals surface area contributed by atoms with Crippen molar-refractivity contribution in [1.29, 1.82) is 0 Å². The van der Waals surface area contributed by atoms with Gasteiger partial charge in [-0.25, -0.2) is 0 Å².